The number of carboxylic acids is 1. The van der Waals surface area contributed by atoms with Gasteiger partial charge in [0.1, 0.15) is 0 Å². The summed E-state index contributed by atoms with van der Waals surface area (Å²) in [5.41, 5.74) is 2.77. The highest BCUT2D eigenvalue weighted by atomic mass is 16.4. The summed E-state index contributed by atoms with van der Waals surface area (Å²) < 4.78 is 0. The lowest BCUT2D eigenvalue weighted by molar-refractivity contribution is 0.0695. The molecule has 2 rings (SSSR count). The zero-order valence-electron chi connectivity index (χ0n) is 11.0. The van der Waals surface area contributed by atoms with Crippen LogP contribution in [0.4, 0.5) is 0 Å². The van der Waals surface area contributed by atoms with Gasteiger partial charge in [-0.2, -0.15) is 0 Å². The van der Waals surface area contributed by atoms with Crippen molar-refractivity contribution in [3.8, 4) is 0 Å². The van der Waals surface area contributed by atoms with Crippen LogP contribution in [0.5, 0.6) is 0 Å². The van der Waals surface area contributed by atoms with Crippen LogP contribution in [-0.2, 0) is 6.42 Å². The molecule has 0 aliphatic carbocycles. The van der Waals surface area contributed by atoms with Gasteiger partial charge in [0.05, 0.1) is 11.9 Å². The van der Waals surface area contributed by atoms with Crippen LogP contribution < -0.4 is 0 Å². The largest absolute Gasteiger partial charge is 0.478 e. The molecule has 1 atom stereocenters. The number of nitrogens with zero attached hydrogens (tertiary/aromatic N) is 1. The number of rotatable bonds is 6. The number of imidazole rings is 1. The highest BCUT2D eigenvalue weighted by molar-refractivity contribution is 5.90. The Morgan fingerprint density at radius 2 is 2.25 bits per heavy atom. The first-order chi connectivity index (χ1) is 9.69. The molecule has 0 saturated carbocycles. The lowest BCUT2D eigenvalue weighted by Gasteiger charge is -2.18. The van der Waals surface area contributed by atoms with Crippen LogP contribution in [0.3, 0.4) is 0 Å². The summed E-state index contributed by atoms with van der Waals surface area (Å²) in [7, 11) is 0. The number of aromatic carboxylic acids is 1. The molecular formula is C16H16N2O2. The van der Waals surface area contributed by atoms with Crippen molar-refractivity contribution in [3.63, 3.8) is 0 Å². The average molecular weight is 268 g/mol. The molecule has 0 aliphatic heterocycles. The number of aromatic amines is 1. The fourth-order valence-electron chi connectivity index (χ4n) is 2.34. The van der Waals surface area contributed by atoms with Gasteiger partial charge in [-0.1, -0.05) is 24.3 Å². The summed E-state index contributed by atoms with van der Waals surface area (Å²) in [5, 5.41) is 9.41. The lowest BCUT2D eigenvalue weighted by atomic mass is 9.86. The summed E-state index contributed by atoms with van der Waals surface area (Å²) in [6.07, 6.45) is 7.35. The third kappa shape index (κ3) is 2.54. The highest BCUT2D eigenvalue weighted by Gasteiger charge is 2.22. The fraction of sp³-hybridized carbons (Fsp3) is 0.125. The maximum atomic E-state index is 11.5. The molecule has 1 unspecified atom stereocenters. The summed E-state index contributed by atoms with van der Waals surface area (Å²) in [4.78, 5) is 18.5. The minimum Gasteiger partial charge on any atom is -0.478 e. The molecule has 0 radical (unpaired) electrons. The lowest BCUT2D eigenvalue weighted by Crippen LogP contribution is -2.10. The number of carbonyl (C=O) groups is 1. The molecule has 1 aromatic heterocycles. The second-order valence-corrected chi connectivity index (χ2v) is 4.40. The molecule has 0 bridgehead atoms. The predicted molar refractivity (Wildman–Crippen MR) is 77.9 cm³/mol. The van der Waals surface area contributed by atoms with Crippen molar-refractivity contribution in [1.82, 2.24) is 9.97 Å². The number of hydrogen-bond donors (Lipinski definition) is 2. The van der Waals surface area contributed by atoms with E-state index in [9.17, 15) is 9.90 Å². The minimum atomic E-state index is -0.947. The number of hydrogen-bond acceptors (Lipinski definition) is 2. The highest BCUT2D eigenvalue weighted by Crippen LogP contribution is 2.30. The number of H-pyrrole nitrogens is 1. The van der Waals surface area contributed by atoms with E-state index in [1.807, 2.05) is 6.07 Å². The van der Waals surface area contributed by atoms with Crippen molar-refractivity contribution in [1.29, 1.82) is 0 Å². The van der Waals surface area contributed by atoms with Crippen molar-refractivity contribution >= 4 is 5.97 Å². The van der Waals surface area contributed by atoms with Crippen LogP contribution >= 0.6 is 0 Å². The molecule has 1 aromatic carbocycles. The Kier molecular flexibility index (Phi) is 4.15. The molecule has 1 heterocycles. The van der Waals surface area contributed by atoms with Gasteiger partial charge in [-0.25, -0.2) is 9.78 Å². The summed E-state index contributed by atoms with van der Waals surface area (Å²) in [5.74, 6) is -1.18. The first-order valence-corrected chi connectivity index (χ1v) is 6.25. The third-order valence-corrected chi connectivity index (χ3v) is 3.19. The Morgan fingerprint density at radius 1 is 1.45 bits per heavy atom. The normalized spacial score (nSPS) is 11.8. The minimum absolute atomic E-state index is 0.236. The van der Waals surface area contributed by atoms with Crippen molar-refractivity contribution in [2.24, 2.45) is 0 Å². The number of benzene rings is 1. The monoisotopic (exact) mass is 268 g/mol. The van der Waals surface area contributed by atoms with Crippen molar-refractivity contribution < 1.29 is 9.90 Å². The van der Waals surface area contributed by atoms with Gasteiger partial charge in [-0.3, -0.25) is 0 Å². The van der Waals surface area contributed by atoms with Gasteiger partial charge in [0.2, 0.25) is 0 Å². The quantitative estimate of drug-likeness (QED) is 0.791. The van der Waals surface area contributed by atoms with E-state index in [1.165, 1.54) is 0 Å². The zero-order valence-corrected chi connectivity index (χ0v) is 11.0. The first kappa shape index (κ1) is 13.8. The van der Waals surface area contributed by atoms with Crippen molar-refractivity contribution in [2.75, 3.05) is 0 Å². The Balaban J connectivity index is 2.65. The number of aromatic nitrogens is 2. The second-order valence-electron chi connectivity index (χ2n) is 4.40. The molecule has 0 fully saturated rings. The number of carboxylic acid groups (broad SMARTS) is 1. The molecule has 102 valence electrons. The standard InChI is InChI=1S/C16H16N2O2/c1-3-6-11-7-5-8-13(16(19)20)15(11)12(4-2)14-9-17-10-18-14/h3-5,7-10,12H,1-2,6H2,(H,17,18)(H,19,20). The van der Waals surface area contributed by atoms with Gasteiger partial charge >= 0.3 is 5.97 Å². The van der Waals surface area contributed by atoms with Gasteiger partial charge in [0.25, 0.3) is 0 Å². The summed E-state index contributed by atoms with van der Waals surface area (Å²) >= 11 is 0. The second kappa shape index (κ2) is 6.02. The number of allylic oxidation sites excluding steroid dienone is 2. The maximum Gasteiger partial charge on any atom is 0.336 e. The van der Waals surface area contributed by atoms with Crippen LogP contribution in [0.15, 0.2) is 56.0 Å². The van der Waals surface area contributed by atoms with Gasteiger partial charge in [-0.05, 0) is 23.6 Å². The molecule has 0 amide bonds. The fourth-order valence-corrected chi connectivity index (χ4v) is 2.34. The summed E-state index contributed by atoms with van der Waals surface area (Å²) in [6.45, 7) is 7.55. The Hall–Kier alpha value is -2.62. The topological polar surface area (TPSA) is 66.0 Å². The van der Waals surface area contributed by atoms with Gasteiger partial charge in [0.15, 0.2) is 0 Å². The molecule has 0 aliphatic rings. The molecule has 2 N–H and O–H groups in total. The molecule has 4 heteroatoms. The average Bonchev–Trinajstić information content (AvgIpc) is 2.95. The van der Waals surface area contributed by atoms with Crippen LogP contribution in [0.25, 0.3) is 0 Å². The molecule has 0 saturated heterocycles. The van der Waals surface area contributed by atoms with Crippen molar-refractivity contribution in [3.05, 3.63) is 78.4 Å². The van der Waals surface area contributed by atoms with E-state index in [0.717, 1.165) is 16.8 Å². The predicted octanol–water partition coefficient (Wildman–Crippen LogP) is 3.15. The molecule has 2 aromatic rings. The van der Waals surface area contributed by atoms with Crippen LogP contribution in [0.1, 0.15) is 33.1 Å². The van der Waals surface area contributed by atoms with Crippen molar-refractivity contribution in [2.45, 2.75) is 12.3 Å². The summed E-state index contributed by atoms with van der Waals surface area (Å²) in [6, 6.07) is 5.27. The SMILES string of the molecule is C=CCc1cccc(C(=O)O)c1C(C=C)c1cnc[nH]1. The van der Waals surface area contributed by atoms with E-state index in [2.05, 4.69) is 23.1 Å². The molecule has 0 spiro atoms. The van der Waals surface area contributed by atoms with Crippen LogP contribution in [0, 0.1) is 0 Å². The third-order valence-electron chi connectivity index (χ3n) is 3.19. The van der Waals surface area contributed by atoms with E-state index in [-0.39, 0.29) is 11.5 Å². The first-order valence-electron chi connectivity index (χ1n) is 6.25. The Bertz CT molecular complexity index is 630. The van der Waals surface area contributed by atoms with E-state index in [0.29, 0.717) is 6.42 Å². The number of nitrogens with one attached hydrogen (secondary N) is 1. The molecular weight excluding hydrogens is 252 g/mol. The Labute approximate surface area is 117 Å². The van der Waals surface area contributed by atoms with Gasteiger partial charge < -0.3 is 10.1 Å². The van der Waals surface area contributed by atoms with E-state index in [1.54, 1.807) is 36.8 Å². The van der Waals surface area contributed by atoms with E-state index >= 15 is 0 Å². The molecule has 4 nitrogen and oxygen atoms in total. The van der Waals surface area contributed by atoms with Gasteiger partial charge in [-0.15, -0.1) is 13.2 Å². The van der Waals surface area contributed by atoms with Crippen LogP contribution in [0.2, 0.25) is 0 Å². The smallest absolute Gasteiger partial charge is 0.336 e. The Morgan fingerprint density at radius 3 is 2.80 bits per heavy atom. The van der Waals surface area contributed by atoms with Crippen LogP contribution in [-0.4, -0.2) is 21.0 Å². The molecule has 20 heavy (non-hydrogen) atoms. The zero-order chi connectivity index (χ0) is 14.5. The maximum absolute atomic E-state index is 11.5. The van der Waals surface area contributed by atoms with Gasteiger partial charge in [0, 0.05) is 17.8 Å². The van der Waals surface area contributed by atoms with E-state index < -0.39 is 5.97 Å². The van der Waals surface area contributed by atoms with E-state index in [4.69, 9.17) is 0 Å².